The summed E-state index contributed by atoms with van der Waals surface area (Å²) in [6.07, 6.45) is 0.235. The van der Waals surface area contributed by atoms with Crippen LogP contribution in [0.1, 0.15) is 18.4 Å². The standard InChI is InChI=1S/C15H18BrNO5/c1-21-14(19)8-7-13(18)17-12(15(20)22-2)9-10-3-5-11(16)6-4-10/h3-6,12H,7-9H2,1-2H3,(H,17,18)/t12-/m1/s1. The first-order valence-corrected chi connectivity index (χ1v) is 7.44. The summed E-state index contributed by atoms with van der Waals surface area (Å²) >= 11 is 3.33. The Morgan fingerprint density at radius 1 is 1.09 bits per heavy atom. The minimum absolute atomic E-state index is 0.0332. The first kappa shape index (κ1) is 18.2. The van der Waals surface area contributed by atoms with Gasteiger partial charge >= 0.3 is 11.9 Å². The summed E-state index contributed by atoms with van der Waals surface area (Å²) in [4.78, 5) is 34.6. The number of carbonyl (C=O) groups excluding carboxylic acids is 3. The van der Waals surface area contributed by atoms with Crippen molar-refractivity contribution in [2.75, 3.05) is 14.2 Å². The summed E-state index contributed by atoms with van der Waals surface area (Å²) < 4.78 is 10.1. The van der Waals surface area contributed by atoms with E-state index >= 15 is 0 Å². The quantitative estimate of drug-likeness (QED) is 0.736. The van der Waals surface area contributed by atoms with Gasteiger partial charge in [0, 0.05) is 17.3 Å². The molecule has 1 atom stereocenters. The van der Waals surface area contributed by atoms with Crippen molar-refractivity contribution in [3.8, 4) is 0 Å². The third-order valence-electron chi connectivity index (χ3n) is 2.96. The molecule has 1 N–H and O–H groups in total. The average Bonchev–Trinajstić information content (AvgIpc) is 2.53. The van der Waals surface area contributed by atoms with Crippen LogP contribution >= 0.6 is 15.9 Å². The van der Waals surface area contributed by atoms with Gasteiger partial charge in [-0.15, -0.1) is 0 Å². The molecule has 0 aromatic heterocycles. The van der Waals surface area contributed by atoms with Crippen LogP contribution in [-0.2, 0) is 30.3 Å². The molecule has 0 aliphatic carbocycles. The molecule has 1 aromatic carbocycles. The van der Waals surface area contributed by atoms with Crippen molar-refractivity contribution in [2.45, 2.75) is 25.3 Å². The number of halogens is 1. The van der Waals surface area contributed by atoms with E-state index in [1.54, 1.807) is 0 Å². The van der Waals surface area contributed by atoms with E-state index in [1.165, 1.54) is 14.2 Å². The fourth-order valence-corrected chi connectivity index (χ4v) is 2.04. The predicted molar refractivity (Wildman–Crippen MR) is 83.0 cm³/mol. The van der Waals surface area contributed by atoms with Crippen molar-refractivity contribution in [3.05, 3.63) is 34.3 Å². The van der Waals surface area contributed by atoms with Crippen LogP contribution in [0.2, 0.25) is 0 Å². The van der Waals surface area contributed by atoms with Gasteiger partial charge in [-0.05, 0) is 17.7 Å². The van der Waals surface area contributed by atoms with Gasteiger partial charge in [0.25, 0.3) is 0 Å². The predicted octanol–water partition coefficient (Wildman–Crippen LogP) is 1.60. The lowest BCUT2D eigenvalue weighted by atomic mass is 10.1. The molecule has 0 saturated carbocycles. The number of methoxy groups -OCH3 is 2. The maximum absolute atomic E-state index is 11.8. The highest BCUT2D eigenvalue weighted by Gasteiger charge is 2.22. The number of amides is 1. The van der Waals surface area contributed by atoms with Crippen LogP contribution < -0.4 is 5.32 Å². The molecule has 1 amide bonds. The van der Waals surface area contributed by atoms with Crippen LogP contribution in [-0.4, -0.2) is 38.1 Å². The van der Waals surface area contributed by atoms with Gasteiger partial charge in [-0.3, -0.25) is 9.59 Å². The molecular weight excluding hydrogens is 354 g/mol. The van der Waals surface area contributed by atoms with E-state index in [4.69, 9.17) is 4.74 Å². The van der Waals surface area contributed by atoms with Gasteiger partial charge in [-0.1, -0.05) is 28.1 Å². The minimum atomic E-state index is -0.795. The van der Waals surface area contributed by atoms with E-state index < -0.39 is 23.9 Å². The summed E-state index contributed by atoms with van der Waals surface area (Å²) in [5, 5.41) is 2.58. The lowest BCUT2D eigenvalue weighted by Gasteiger charge is -2.16. The molecule has 0 bridgehead atoms. The second kappa shape index (κ2) is 9.19. The molecule has 120 valence electrons. The highest BCUT2D eigenvalue weighted by Crippen LogP contribution is 2.12. The van der Waals surface area contributed by atoms with Crippen LogP contribution in [0, 0.1) is 0 Å². The molecule has 0 aliphatic rings. The summed E-state index contributed by atoms with van der Waals surface area (Å²) in [5.41, 5.74) is 0.881. The van der Waals surface area contributed by atoms with E-state index in [2.05, 4.69) is 26.0 Å². The Kier molecular flexibility index (Phi) is 7.59. The lowest BCUT2D eigenvalue weighted by molar-refractivity contribution is -0.145. The number of carbonyl (C=O) groups is 3. The maximum Gasteiger partial charge on any atom is 0.328 e. The highest BCUT2D eigenvalue weighted by atomic mass is 79.9. The number of ether oxygens (including phenoxy) is 2. The van der Waals surface area contributed by atoms with Gasteiger partial charge in [0.15, 0.2) is 0 Å². The van der Waals surface area contributed by atoms with Crippen molar-refractivity contribution in [1.29, 1.82) is 0 Å². The number of esters is 2. The van der Waals surface area contributed by atoms with Crippen LogP contribution in [0.4, 0.5) is 0 Å². The monoisotopic (exact) mass is 371 g/mol. The van der Waals surface area contributed by atoms with Crippen molar-refractivity contribution < 1.29 is 23.9 Å². The Balaban J connectivity index is 2.64. The minimum Gasteiger partial charge on any atom is -0.469 e. The molecule has 0 heterocycles. The Bertz CT molecular complexity index is 529. The average molecular weight is 372 g/mol. The molecule has 1 aromatic rings. The van der Waals surface area contributed by atoms with Crippen LogP contribution in [0.5, 0.6) is 0 Å². The number of hydrogen-bond donors (Lipinski definition) is 1. The number of rotatable bonds is 7. The Morgan fingerprint density at radius 2 is 1.73 bits per heavy atom. The largest absolute Gasteiger partial charge is 0.469 e. The summed E-state index contributed by atoms with van der Waals surface area (Å²) in [7, 11) is 2.52. The highest BCUT2D eigenvalue weighted by molar-refractivity contribution is 9.10. The number of nitrogens with one attached hydrogen (secondary N) is 1. The second-order valence-electron chi connectivity index (χ2n) is 4.55. The molecule has 1 rings (SSSR count). The van der Waals surface area contributed by atoms with Gasteiger partial charge in [-0.25, -0.2) is 4.79 Å². The van der Waals surface area contributed by atoms with E-state index in [0.29, 0.717) is 6.42 Å². The molecular formula is C15H18BrNO5. The van der Waals surface area contributed by atoms with Gasteiger partial charge in [0.2, 0.25) is 5.91 Å². The Hall–Kier alpha value is -1.89. The van der Waals surface area contributed by atoms with Gasteiger partial charge in [0.05, 0.1) is 20.6 Å². The smallest absolute Gasteiger partial charge is 0.328 e. The molecule has 0 spiro atoms. The fourth-order valence-electron chi connectivity index (χ4n) is 1.78. The van der Waals surface area contributed by atoms with Crippen molar-refractivity contribution in [3.63, 3.8) is 0 Å². The molecule has 22 heavy (non-hydrogen) atoms. The first-order valence-electron chi connectivity index (χ1n) is 6.64. The number of benzene rings is 1. The van der Waals surface area contributed by atoms with E-state index in [1.807, 2.05) is 24.3 Å². The van der Waals surface area contributed by atoms with Gasteiger partial charge < -0.3 is 14.8 Å². The van der Waals surface area contributed by atoms with Crippen molar-refractivity contribution in [1.82, 2.24) is 5.32 Å². The Morgan fingerprint density at radius 3 is 2.27 bits per heavy atom. The zero-order valence-corrected chi connectivity index (χ0v) is 14.0. The second-order valence-corrected chi connectivity index (χ2v) is 5.47. The third-order valence-corrected chi connectivity index (χ3v) is 3.49. The Labute approximate surface area is 137 Å². The maximum atomic E-state index is 11.8. The molecule has 0 saturated heterocycles. The fraction of sp³-hybridized carbons (Fsp3) is 0.400. The molecule has 0 aliphatic heterocycles. The van der Waals surface area contributed by atoms with E-state index in [0.717, 1.165) is 10.0 Å². The molecule has 7 heteroatoms. The summed E-state index contributed by atoms with van der Waals surface area (Å²) in [6, 6.07) is 6.60. The van der Waals surface area contributed by atoms with Crippen molar-refractivity contribution >= 4 is 33.8 Å². The van der Waals surface area contributed by atoms with Crippen LogP contribution in [0.25, 0.3) is 0 Å². The lowest BCUT2D eigenvalue weighted by Crippen LogP contribution is -2.43. The SMILES string of the molecule is COC(=O)CCC(=O)N[C@H](Cc1ccc(Br)cc1)C(=O)OC. The van der Waals surface area contributed by atoms with Gasteiger partial charge in [-0.2, -0.15) is 0 Å². The zero-order valence-electron chi connectivity index (χ0n) is 12.4. The molecule has 0 radical (unpaired) electrons. The topological polar surface area (TPSA) is 81.7 Å². The first-order chi connectivity index (χ1) is 10.5. The van der Waals surface area contributed by atoms with Crippen molar-refractivity contribution in [2.24, 2.45) is 0 Å². The number of hydrogen-bond acceptors (Lipinski definition) is 5. The van der Waals surface area contributed by atoms with Gasteiger partial charge in [0.1, 0.15) is 6.04 Å². The third kappa shape index (κ3) is 6.26. The van der Waals surface area contributed by atoms with Crippen LogP contribution in [0.15, 0.2) is 28.7 Å². The summed E-state index contributed by atoms with van der Waals surface area (Å²) in [6.45, 7) is 0. The van der Waals surface area contributed by atoms with E-state index in [-0.39, 0.29) is 12.8 Å². The normalized spacial score (nSPS) is 11.4. The zero-order chi connectivity index (χ0) is 16.5. The summed E-state index contributed by atoms with van der Waals surface area (Å²) in [5.74, 6) is -1.41. The molecule has 0 fully saturated rings. The molecule has 6 nitrogen and oxygen atoms in total. The molecule has 0 unspecified atom stereocenters. The van der Waals surface area contributed by atoms with E-state index in [9.17, 15) is 14.4 Å². The van der Waals surface area contributed by atoms with Crippen LogP contribution in [0.3, 0.4) is 0 Å².